The molecule has 2 heterocycles. The molecule has 20 heavy (non-hydrogen) atoms. The van der Waals surface area contributed by atoms with Crippen molar-refractivity contribution in [1.82, 2.24) is 20.3 Å². The highest BCUT2D eigenvalue weighted by Crippen LogP contribution is 2.08. The zero-order chi connectivity index (χ0) is 15.0. The van der Waals surface area contributed by atoms with Gasteiger partial charge in [0.1, 0.15) is 11.9 Å². The summed E-state index contributed by atoms with van der Waals surface area (Å²) in [5.74, 6) is 0.668. The lowest BCUT2D eigenvalue weighted by Crippen LogP contribution is -2.44. The molecule has 1 aliphatic rings. The summed E-state index contributed by atoms with van der Waals surface area (Å²) >= 11 is 5.66. The van der Waals surface area contributed by atoms with Crippen LogP contribution >= 0.6 is 11.6 Å². The minimum atomic E-state index is -0.318. The van der Waals surface area contributed by atoms with Crippen LogP contribution in [0.2, 0.25) is 5.28 Å². The number of ether oxygens (including phenoxy) is 1. The molecule has 0 saturated carbocycles. The lowest BCUT2D eigenvalue weighted by atomic mass is 10.2. The number of piperazine rings is 1. The Morgan fingerprint density at radius 2 is 2.00 bits per heavy atom. The van der Waals surface area contributed by atoms with Crippen molar-refractivity contribution in [1.29, 1.82) is 0 Å². The number of hydrogen-bond donors (Lipinski definition) is 1. The summed E-state index contributed by atoms with van der Waals surface area (Å²) in [7, 11) is 0. The molecular weight excluding hydrogens is 282 g/mol. The second-order valence-corrected chi connectivity index (χ2v) is 5.46. The summed E-state index contributed by atoms with van der Waals surface area (Å²) in [5, 5.41) is 3.51. The molecule has 0 aliphatic carbocycles. The molecule has 0 radical (unpaired) electrons. The summed E-state index contributed by atoms with van der Waals surface area (Å²) in [6, 6.07) is 0. The van der Waals surface area contributed by atoms with Gasteiger partial charge in [-0.1, -0.05) is 0 Å². The summed E-state index contributed by atoms with van der Waals surface area (Å²) in [4.78, 5) is 23.5. The Hall–Kier alpha value is -1.47. The van der Waals surface area contributed by atoms with Gasteiger partial charge < -0.3 is 15.0 Å². The molecule has 1 fully saturated rings. The molecule has 0 bridgehead atoms. The number of carbonyl (C=O) groups is 1. The van der Waals surface area contributed by atoms with Crippen LogP contribution in [0.5, 0.6) is 0 Å². The van der Waals surface area contributed by atoms with Crippen LogP contribution in [0.4, 0.5) is 5.95 Å². The van der Waals surface area contributed by atoms with Gasteiger partial charge in [-0.05, 0) is 32.4 Å². The first-order valence-electron chi connectivity index (χ1n) is 6.34. The molecule has 1 aromatic heterocycles. The van der Waals surface area contributed by atoms with Crippen molar-refractivity contribution < 1.29 is 9.53 Å². The molecule has 1 aromatic rings. The van der Waals surface area contributed by atoms with Crippen molar-refractivity contribution >= 4 is 24.0 Å². The number of halogens is 1. The molecule has 1 aliphatic heterocycles. The first-order valence-corrected chi connectivity index (χ1v) is 6.72. The van der Waals surface area contributed by atoms with E-state index in [1.807, 2.05) is 20.8 Å². The van der Waals surface area contributed by atoms with E-state index in [0.717, 1.165) is 26.2 Å². The first-order chi connectivity index (χ1) is 9.42. The number of rotatable bonds is 2. The molecule has 8 heteroatoms. The molecule has 112 valence electrons. The molecule has 0 amide bonds. The van der Waals surface area contributed by atoms with Gasteiger partial charge in [-0.25, -0.2) is 9.97 Å². The maximum atomic E-state index is 9.60. The Bertz CT molecular complexity index is 419. The van der Waals surface area contributed by atoms with Crippen LogP contribution in [0, 0.1) is 0 Å². The van der Waals surface area contributed by atoms with Crippen LogP contribution in [0.15, 0.2) is 6.33 Å². The van der Waals surface area contributed by atoms with Crippen LogP contribution in [0.1, 0.15) is 20.8 Å². The van der Waals surface area contributed by atoms with Gasteiger partial charge in [0.05, 0.1) is 0 Å². The number of carbonyl (C=O) groups excluding carboxylic acids is 1. The van der Waals surface area contributed by atoms with E-state index < -0.39 is 0 Å². The normalized spacial score (nSPS) is 15.1. The number of aromatic nitrogens is 3. The van der Waals surface area contributed by atoms with E-state index in [1.165, 1.54) is 6.33 Å². The van der Waals surface area contributed by atoms with E-state index >= 15 is 0 Å². The smallest absolute Gasteiger partial charge is 0.293 e. The van der Waals surface area contributed by atoms with Crippen molar-refractivity contribution in [3.63, 3.8) is 0 Å². The maximum Gasteiger partial charge on any atom is 0.293 e. The Kier molecular flexibility index (Phi) is 6.60. The molecule has 0 atom stereocenters. The molecule has 7 nitrogen and oxygen atoms in total. The lowest BCUT2D eigenvalue weighted by Gasteiger charge is -2.26. The fourth-order valence-corrected chi connectivity index (χ4v) is 1.55. The van der Waals surface area contributed by atoms with Crippen LogP contribution in [-0.2, 0) is 9.53 Å². The third-order valence-electron chi connectivity index (χ3n) is 2.33. The summed E-state index contributed by atoms with van der Waals surface area (Å²) in [6.07, 6.45) is 1.44. The van der Waals surface area contributed by atoms with Gasteiger partial charge in [0.15, 0.2) is 0 Å². The Morgan fingerprint density at radius 3 is 2.45 bits per heavy atom. The van der Waals surface area contributed by atoms with Crippen molar-refractivity contribution in [3.8, 4) is 0 Å². The Labute approximate surface area is 123 Å². The maximum absolute atomic E-state index is 9.60. The monoisotopic (exact) mass is 301 g/mol. The number of nitrogens with zero attached hydrogens (tertiary/aromatic N) is 4. The first kappa shape index (κ1) is 16.6. The second kappa shape index (κ2) is 7.96. The van der Waals surface area contributed by atoms with Crippen LogP contribution < -0.4 is 10.2 Å². The zero-order valence-electron chi connectivity index (χ0n) is 12.0. The van der Waals surface area contributed by atoms with Gasteiger partial charge in [0.25, 0.3) is 6.47 Å². The van der Waals surface area contributed by atoms with Crippen LogP contribution in [0.25, 0.3) is 0 Å². The average Bonchev–Trinajstić information content (AvgIpc) is 2.39. The minimum absolute atomic E-state index is 0.253. The number of nitrogens with one attached hydrogen (secondary N) is 1. The molecular formula is C12H20ClN5O2. The lowest BCUT2D eigenvalue weighted by molar-refractivity contribution is -0.138. The molecule has 1 saturated heterocycles. The fraction of sp³-hybridized carbons (Fsp3) is 0.667. The van der Waals surface area contributed by atoms with Gasteiger partial charge in [-0.2, -0.15) is 4.98 Å². The van der Waals surface area contributed by atoms with Gasteiger partial charge >= 0.3 is 0 Å². The highest BCUT2D eigenvalue weighted by atomic mass is 35.5. The van der Waals surface area contributed by atoms with E-state index in [9.17, 15) is 4.79 Å². The molecule has 1 N–H and O–H groups in total. The quantitative estimate of drug-likeness (QED) is 0.813. The van der Waals surface area contributed by atoms with E-state index in [1.54, 1.807) is 0 Å². The summed E-state index contributed by atoms with van der Waals surface area (Å²) in [5.41, 5.74) is -0.318. The third-order valence-corrected chi connectivity index (χ3v) is 2.51. The van der Waals surface area contributed by atoms with Gasteiger partial charge in [-0.15, -0.1) is 0 Å². The topological polar surface area (TPSA) is 80.2 Å². The van der Waals surface area contributed by atoms with Crippen molar-refractivity contribution in [2.75, 3.05) is 31.1 Å². The molecule has 2 rings (SSSR count). The predicted molar refractivity (Wildman–Crippen MR) is 76.8 cm³/mol. The average molecular weight is 302 g/mol. The SMILES string of the molecule is CC(C)(C)OC=O.Clc1ncnc(N2CCNCC2)n1. The predicted octanol–water partition coefficient (Wildman–Crippen LogP) is 0.892. The van der Waals surface area contributed by atoms with Crippen molar-refractivity contribution in [2.24, 2.45) is 0 Å². The highest BCUT2D eigenvalue weighted by molar-refractivity contribution is 6.28. The number of hydrogen-bond acceptors (Lipinski definition) is 7. The van der Waals surface area contributed by atoms with Crippen molar-refractivity contribution in [3.05, 3.63) is 11.6 Å². The molecule has 0 unspecified atom stereocenters. The summed E-state index contributed by atoms with van der Waals surface area (Å²) < 4.78 is 4.55. The van der Waals surface area contributed by atoms with Crippen LogP contribution in [0.3, 0.4) is 0 Å². The highest BCUT2D eigenvalue weighted by Gasteiger charge is 2.12. The standard InChI is InChI=1S/C7H10ClN5.C5H10O2/c8-6-10-5-11-7(12-6)13-3-1-9-2-4-13;1-5(2,3)7-4-6/h5,9H,1-4H2;4H,1-3H3. The van der Waals surface area contributed by atoms with Gasteiger partial charge in [-0.3, -0.25) is 4.79 Å². The Balaban J connectivity index is 0.000000246. The van der Waals surface area contributed by atoms with Crippen molar-refractivity contribution in [2.45, 2.75) is 26.4 Å². The van der Waals surface area contributed by atoms with Gasteiger partial charge in [0, 0.05) is 26.2 Å². The molecule has 0 spiro atoms. The molecule has 0 aromatic carbocycles. The Morgan fingerprint density at radius 1 is 1.35 bits per heavy atom. The third kappa shape index (κ3) is 6.63. The zero-order valence-corrected chi connectivity index (χ0v) is 12.7. The van der Waals surface area contributed by atoms with E-state index in [-0.39, 0.29) is 10.9 Å². The van der Waals surface area contributed by atoms with E-state index in [4.69, 9.17) is 11.6 Å². The van der Waals surface area contributed by atoms with E-state index in [0.29, 0.717) is 12.4 Å². The summed E-state index contributed by atoms with van der Waals surface area (Å²) in [6.45, 7) is 9.68. The van der Waals surface area contributed by atoms with E-state index in [2.05, 4.69) is 29.9 Å². The van der Waals surface area contributed by atoms with Gasteiger partial charge in [0.2, 0.25) is 11.2 Å². The number of anilines is 1. The largest absolute Gasteiger partial charge is 0.462 e. The fourth-order valence-electron chi connectivity index (χ4n) is 1.43. The second-order valence-electron chi connectivity index (χ2n) is 5.12. The van der Waals surface area contributed by atoms with Crippen LogP contribution in [-0.4, -0.2) is 53.2 Å². The minimum Gasteiger partial charge on any atom is -0.462 e.